The Morgan fingerprint density at radius 3 is 2.33 bits per heavy atom. The molecule has 27 heavy (non-hydrogen) atoms. The Morgan fingerprint density at radius 1 is 1.11 bits per heavy atom. The van der Waals surface area contributed by atoms with Crippen LogP contribution >= 0.6 is 0 Å². The number of hydrogen-bond acceptors (Lipinski definition) is 4. The molecule has 2 heterocycles. The van der Waals surface area contributed by atoms with Gasteiger partial charge in [-0.15, -0.1) is 0 Å². The van der Waals surface area contributed by atoms with Crippen molar-refractivity contribution in [3.05, 3.63) is 47.7 Å². The summed E-state index contributed by atoms with van der Waals surface area (Å²) in [5.41, 5.74) is 4.63. The minimum atomic E-state index is -0.351. The molecule has 1 aromatic heterocycles. The zero-order chi connectivity index (χ0) is 19.4. The lowest BCUT2D eigenvalue weighted by Gasteiger charge is -2.21. The van der Waals surface area contributed by atoms with Crippen LogP contribution in [0.4, 0.5) is 17.2 Å². The predicted molar refractivity (Wildman–Crippen MR) is 110 cm³/mol. The molecule has 0 bridgehead atoms. The molecule has 0 spiro atoms. The van der Waals surface area contributed by atoms with Gasteiger partial charge >= 0.3 is 0 Å². The molecule has 0 radical (unpaired) electrons. The summed E-state index contributed by atoms with van der Waals surface area (Å²) in [7, 11) is 0. The molecule has 1 amide bonds. The van der Waals surface area contributed by atoms with Crippen LogP contribution in [0.15, 0.2) is 36.5 Å². The summed E-state index contributed by atoms with van der Waals surface area (Å²) in [6.45, 7) is 9.46. The lowest BCUT2D eigenvalue weighted by Crippen LogP contribution is -2.27. The number of rotatable bonds is 6. The maximum atomic E-state index is 12.1. The predicted octanol–water partition coefficient (Wildman–Crippen LogP) is 5.19. The lowest BCUT2D eigenvalue weighted by atomic mass is 9.92. The van der Waals surface area contributed by atoms with Crippen LogP contribution in [0.1, 0.15) is 63.5 Å². The van der Waals surface area contributed by atoms with E-state index in [-0.39, 0.29) is 12.0 Å². The third kappa shape index (κ3) is 4.66. The number of carbonyl (C=O) groups is 1. The lowest BCUT2D eigenvalue weighted by molar-refractivity contribution is -0.124. The van der Waals surface area contributed by atoms with Crippen LogP contribution in [0.5, 0.6) is 0 Å². The maximum absolute atomic E-state index is 12.1. The Balaban J connectivity index is 1.76. The van der Waals surface area contributed by atoms with Crippen molar-refractivity contribution in [2.45, 2.75) is 58.5 Å². The molecule has 1 aliphatic heterocycles. The molecule has 1 saturated heterocycles. The smallest absolute Gasteiger partial charge is 0.254 e. The van der Waals surface area contributed by atoms with E-state index in [0.29, 0.717) is 24.3 Å². The largest absolute Gasteiger partial charge is 0.368 e. The fraction of sp³-hybridized carbons (Fsp3) is 0.455. The monoisotopic (exact) mass is 367 g/mol. The summed E-state index contributed by atoms with van der Waals surface area (Å²) < 4.78 is 5.41. The minimum absolute atomic E-state index is 0.118. The Bertz CT molecular complexity index is 752. The van der Waals surface area contributed by atoms with Crippen LogP contribution < -0.4 is 10.6 Å². The number of carbonyl (C=O) groups excluding carboxylic acids is 1. The average molecular weight is 367 g/mol. The van der Waals surface area contributed by atoms with Gasteiger partial charge in [0, 0.05) is 12.3 Å². The number of amides is 1. The molecule has 3 rings (SSSR count). The molecule has 1 aliphatic rings. The van der Waals surface area contributed by atoms with Crippen molar-refractivity contribution in [2.75, 3.05) is 17.2 Å². The van der Waals surface area contributed by atoms with Crippen LogP contribution in [0, 0.1) is 0 Å². The van der Waals surface area contributed by atoms with E-state index in [4.69, 9.17) is 4.74 Å². The van der Waals surface area contributed by atoms with E-state index in [1.165, 1.54) is 11.1 Å². The van der Waals surface area contributed by atoms with Gasteiger partial charge in [0.15, 0.2) is 0 Å². The molecular formula is C22H29N3O2. The van der Waals surface area contributed by atoms with Gasteiger partial charge < -0.3 is 15.4 Å². The van der Waals surface area contributed by atoms with Crippen LogP contribution in [0.2, 0.25) is 0 Å². The van der Waals surface area contributed by atoms with Gasteiger partial charge in [-0.2, -0.15) is 0 Å². The van der Waals surface area contributed by atoms with Gasteiger partial charge in [0.05, 0.1) is 11.9 Å². The van der Waals surface area contributed by atoms with E-state index in [2.05, 4.69) is 61.5 Å². The maximum Gasteiger partial charge on any atom is 0.254 e. The third-order valence-corrected chi connectivity index (χ3v) is 4.88. The van der Waals surface area contributed by atoms with Gasteiger partial charge in [-0.25, -0.2) is 4.98 Å². The summed E-state index contributed by atoms with van der Waals surface area (Å²) in [4.78, 5) is 16.5. The fourth-order valence-electron chi connectivity index (χ4n) is 3.37. The molecular weight excluding hydrogens is 338 g/mol. The standard InChI is InChI=1S/C22H29N3O2/c1-14(2)17-7-5-8-18(15(3)4)21(17)24-16-10-11-20(23-13-16)25-22(26)19-9-6-12-27-19/h5,7-8,10-11,13-15,19,24H,6,9,12H2,1-4H3,(H,23,25,26). The zero-order valence-corrected chi connectivity index (χ0v) is 16.6. The van der Waals surface area contributed by atoms with Gasteiger partial charge in [0.1, 0.15) is 11.9 Å². The molecule has 5 nitrogen and oxygen atoms in total. The van der Waals surface area contributed by atoms with Crippen molar-refractivity contribution in [3.63, 3.8) is 0 Å². The first-order valence-electron chi connectivity index (χ1n) is 9.74. The summed E-state index contributed by atoms with van der Waals surface area (Å²) in [5.74, 6) is 1.27. The number of anilines is 3. The molecule has 2 aromatic rings. The Kier molecular flexibility index (Phi) is 6.11. The first kappa shape index (κ1) is 19.4. The number of nitrogens with zero attached hydrogens (tertiary/aromatic N) is 1. The van der Waals surface area contributed by atoms with Gasteiger partial charge in [0.25, 0.3) is 5.91 Å². The van der Waals surface area contributed by atoms with Crippen LogP contribution in [0.3, 0.4) is 0 Å². The molecule has 2 N–H and O–H groups in total. The van der Waals surface area contributed by atoms with E-state index in [1.807, 2.05) is 12.1 Å². The van der Waals surface area contributed by atoms with Gasteiger partial charge in [-0.3, -0.25) is 4.79 Å². The van der Waals surface area contributed by atoms with E-state index in [0.717, 1.165) is 24.2 Å². The molecule has 1 aromatic carbocycles. The van der Waals surface area contributed by atoms with Crippen molar-refractivity contribution in [2.24, 2.45) is 0 Å². The summed E-state index contributed by atoms with van der Waals surface area (Å²) in [5, 5.41) is 6.37. The second-order valence-corrected chi connectivity index (χ2v) is 7.67. The van der Waals surface area contributed by atoms with Crippen molar-refractivity contribution in [3.8, 4) is 0 Å². The second-order valence-electron chi connectivity index (χ2n) is 7.67. The Morgan fingerprint density at radius 2 is 1.81 bits per heavy atom. The number of ether oxygens (including phenoxy) is 1. The number of hydrogen-bond donors (Lipinski definition) is 2. The second kappa shape index (κ2) is 8.53. The van der Waals surface area contributed by atoms with Crippen molar-refractivity contribution < 1.29 is 9.53 Å². The SMILES string of the molecule is CC(C)c1cccc(C(C)C)c1Nc1ccc(NC(=O)C2CCCO2)nc1. The highest BCUT2D eigenvalue weighted by Gasteiger charge is 2.23. The Labute approximate surface area is 161 Å². The number of aromatic nitrogens is 1. The normalized spacial score (nSPS) is 16.7. The molecule has 1 unspecified atom stereocenters. The van der Waals surface area contributed by atoms with Crippen LogP contribution in [0.25, 0.3) is 0 Å². The number of benzene rings is 1. The summed E-state index contributed by atoms with van der Waals surface area (Å²) in [6, 6.07) is 10.2. The van der Waals surface area contributed by atoms with Crippen molar-refractivity contribution >= 4 is 23.1 Å². The van der Waals surface area contributed by atoms with E-state index in [1.54, 1.807) is 6.20 Å². The fourth-order valence-corrected chi connectivity index (χ4v) is 3.37. The molecule has 144 valence electrons. The number of pyridine rings is 1. The van der Waals surface area contributed by atoms with Crippen LogP contribution in [-0.2, 0) is 9.53 Å². The van der Waals surface area contributed by atoms with Gasteiger partial charge in [-0.05, 0) is 47.9 Å². The highest BCUT2D eigenvalue weighted by molar-refractivity contribution is 5.93. The molecule has 0 aliphatic carbocycles. The topological polar surface area (TPSA) is 63.2 Å². The molecule has 0 saturated carbocycles. The average Bonchev–Trinajstić information content (AvgIpc) is 3.18. The van der Waals surface area contributed by atoms with Gasteiger partial charge in [0.2, 0.25) is 0 Å². The van der Waals surface area contributed by atoms with Gasteiger partial charge in [-0.1, -0.05) is 45.9 Å². The van der Waals surface area contributed by atoms with Crippen molar-refractivity contribution in [1.82, 2.24) is 4.98 Å². The molecule has 5 heteroatoms. The first-order chi connectivity index (χ1) is 13.0. The minimum Gasteiger partial charge on any atom is -0.368 e. The first-order valence-corrected chi connectivity index (χ1v) is 9.74. The molecule has 1 atom stereocenters. The summed E-state index contributed by atoms with van der Waals surface area (Å²) in [6.07, 6.45) is 3.11. The number of nitrogens with one attached hydrogen (secondary N) is 2. The molecule has 1 fully saturated rings. The quantitative estimate of drug-likeness (QED) is 0.737. The zero-order valence-electron chi connectivity index (χ0n) is 16.6. The highest BCUT2D eigenvalue weighted by atomic mass is 16.5. The van der Waals surface area contributed by atoms with E-state index >= 15 is 0 Å². The number of para-hydroxylation sites is 1. The summed E-state index contributed by atoms with van der Waals surface area (Å²) >= 11 is 0. The highest BCUT2D eigenvalue weighted by Crippen LogP contribution is 2.34. The third-order valence-electron chi connectivity index (χ3n) is 4.88. The van der Waals surface area contributed by atoms with E-state index in [9.17, 15) is 4.79 Å². The van der Waals surface area contributed by atoms with E-state index < -0.39 is 0 Å². The Hall–Kier alpha value is -2.40. The van der Waals surface area contributed by atoms with Crippen LogP contribution in [-0.4, -0.2) is 23.6 Å². The van der Waals surface area contributed by atoms with Crippen molar-refractivity contribution in [1.29, 1.82) is 0 Å².